The molecule has 1 aliphatic heterocycles. The smallest absolute Gasteiger partial charge is 0.399 e. The van der Waals surface area contributed by atoms with E-state index in [1.807, 2.05) is 0 Å². The van der Waals surface area contributed by atoms with Gasteiger partial charge in [-0.05, 0) is 30.7 Å². The molecule has 1 atom stereocenters. The van der Waals surface area contributed by atoms with Gasteiger partial charge >= 0.3 is 6.18 Å². The third kappa shape index (κ3) is 2.37. The Hall–Kier alpha value is -2.02. The van der Waals surface area contributed by atoms with Crippen LogP contribution in [0.2, 0.25) is 0 Å². The molecule has 112 valence electrons. The van der Waals surface area contributed by atoms with Gasteiger partial charge in [-0.25, -0.2) is 0 Å². The number of ether oxygens (including phenoxy) is 1. The van der Waals surface area contributed by atoms with E-state index in [-0.39, 0.29) is 12.1 Å². The van der Waals surface area contributed by atoms with Gasteiger partial charge in [0.25, 0.3) is 0 Å². The molecule has 1 fully saturated rings. The molecule has 2 aromatic rings. The zero-order chi connectivity index (χ0) is 15.2. The maximum atomic E-state index is 13.2. The first kappa shape index (κ1) is 13.9. The van der Waals surface area contributed by atoms with Crippen LogP contribution in [0.3, 0.4) is 0 Å². The fourth-order valence-corrected chi connectivity index (χ4v) is 2.59. The molecule has 0 spiro atoms. The van der Waals surface area contributed by atoms with Crippen LogP contribution >= 0.6 is 0 Å². The fourth-order valence-electron chi connectivity index (χ4n) is 2.59. The highest BCUT2D eigenvalue weighted by molar-refractivity contribution is 5.96. The number of nitrogen functional groups attached to an aromatic ring is 1. The number of fused-ring (bicyclic) bond motifs is 1. The summed E-state index contributed by atoms with van der Waals surface area (Å²) >= 11 is 0. The highest BCUT2D eigenvalue weighted by Gasteiger charge is 2.39. The molecule has 2 N–H and O–H groups in total. The van der Waals surface area contributed by atoms with E-state index >= 15 is 0 Å². The average molecular weight is 298 g/mol. The summed E-state index contributed by atoms with van der Waals surface area (Å²) in [7, 11) is 0. The second-order valence-electron chi connectivity index (χ2n) is 5.08. The first-order valence-corrected chi connectivity index (χ1v) is 6.48. The first-order chi connectivity index (χ1) is 9.88. The number of benzene rings is 1. The van der Waals surface area contributed by atoms with Gasteiger partial charge in [-0.2, -0.15) is 13.2 Å². The van der Waals surface area contributed by atoms with Crippen LogP contribution in [0.25, 0.3) is 10.9 Å². The van der Waals surface area contributed by atoms with Crippen LogP contribution in [0.5, 0.6) is 0 Å². The Labute approximate surface area is 118 Å². The van der Waals surface area contributed by atoms with Crippen molar-refractivity contribution in [3.8, 4) is 0 Å². The normalized spacial score (nSPS) is 19.3. The lowest BCUT2D eigenvalue weighted by Gasteiger charge is -2.14. The molecule has 0 radical (unpaired) electrons. The zero-order valence-electron chi connectivity index (χ0n) is 11.0. The van der Waals surface area contributed by atoms with E-state index in [9.17, 15) is 18.0 Å². The Kier molecular flexibility index (Phi) is 3.16. The topological polar surface area (TPSA) is 57.2 Å². The van der Waals surface area contributed by atoms with Crippen molar-refractivity contribution in [3.63, 3.8) is 0 Å². The molecule has 4 nitrogen and oxygen atoms in total. The number of nitrogens with two attached hydrogens (primary N) is 1. The maximum absolute atomic E-state index is 13.2. The van der Waals surface area contributed by atoms with E-state index in [1.165, 1.54) is 18.2 Å². The summed E-state index contributed by atoms with van der Waals surface area (Å²) in [5.74, 6) is -1.13. The molecule has 3 rings (SSSR count). The van der Waals surface area contributed by atoms with Crippen molar-refractivity contribution >= 4 is 22.5 Å². The van der Waals surface area contributed by atoms with Gasteiger partial charge < -0.3 is 10.5 Å². The van der Waals surface area contributed by atoms with Crippen molar-refractivity contribution in [2.45, 2.75) is 12.6 Å². The average Bonchev–Trinajstić information content (AvgIpc) is 3.03. The minimum atomic E-state index is -4.61. The largest absolute Gasteiger partial charge is 0.431 e. The zero-order valence-corrected chi connectivity index (χ0v) is 11.0. The predicted octanol–water partition coefficient (Wildman–Crippen LogP) is 2.92. The van der Waals surface area contributed by atoms with Gasteiger partial charge in [-0.3, -0.25) is 9.36 Å². The van der Waals surface area contributed by atoms with Gasteiger partial charge in [-0.1, -0.05) is 0 Å². The number of alkyl halides is 3. The van der Waals surface area contributed by atoms with Gasteiger partial charge in [0.05, 0.1) is 18.0 Å². The molecular formula is C14H13F3N2O2. The summed E-state index contributed by atoms with van der Waals surface area (Å²) in [6, 6.07) is 5.31. The van der Waals surface area contributed by atoms with Crippen LogP contribution in [0.1, 0.15) is 16.9 Å². The molecule has 1 unspecified atom stereocenters. The van der Waals surface area contributed by atoms with Crippen LogP contribution in [-0.4, -0.2) is 23.7 Å². The molecule has 1 aromatic heterocycles. The minimum Gasteiger partial charge on any atom is -0.399 e. The lowest BCUT2D eigenvalue weighted by molar-refractivity contribution is -0.142. The van der Waals surface area contributed by atoms with Gasteiger partial charge in [0.2, 0.25) is 5.91 Å². The summed E-state index contributed by atoms with van der Waals surface area (Å²) in [4.78, 5) is 12.4. The van der Waals surface area contributed by atoms with Crippen molar-refractivity contribution < 1.29 is 22.7 Å². The van der Waals surface area contributed by atoms with Crippen molar-refractivity contribution in [1.82, 2.24) is 4.57 Å². The van der Waals surface area contributed by atoms with Crippen LogP contribution in [0.4, 0.5) is 18.9 Å². The molecule has 7 heteroatoms. The molecule has 2 heterocycles. The molecule has 0 bridgehead atoms. The number of halogens is 3. The van der Waals surface area contributed by atoms with E-state index in [4.69, 9.17) is 10.5 Å². The number of carbonyl (C=O) groups is 1. The molecular weight excluding hydrogens is 285 g/mol. The Morgan fingerprint density at radius 3 is 2.71 bits per heavy atom. The van der Waals surface area contributed by atoms with E-state index in [2.05, 4.69) is 0 Å². The molecule has 21 heavy (non-hydrogen) atoms. The Balaban J connectivity index is 2.20. The van der Waals surface area contributed by atoms with Crippen LogP contribution < -0.4 is 5.73 Å². The van der Waals surface area contributed by atoms with E-state index in [1.54, 1.807) is 0 Å². The highest BCUT2D eigenvalue weighted by atomic mass is 19.4. The second kappa shape index (κ2) is 4.77. The SMILES string of the molecule is Nc1ccc2c(c1)cc(C(F)(F)F)n2C(=O)C1CCOC1. The second-order valence-corrected chi connectivity index (χ2v) is 5.08. The highest BCUT2D eigenvalue weighted by Crippen LogP contribution is 2.35. The lowest BCUT2D eigenvalue weighted by Crippen LogP contribution is -2.26. The Morgan fingerprint density at radius 1 is 1.33 bits per heavy atom. The van der Waals surface area contributed by atoms with Gasteiger partial charge in [0.15, 0.2) is 0 Å². The number of hydrogen-bond acceptors (Lipinski definition) is 3. The first-order valence-electron chi connectivity index (χ1n) is 6.48. The number of anilines is 1. The van der Waals surface area contributed by atoms with Crippen molar-refractivity contribution in [2.75, 3.05) is 18.9 Å². The molecule has 0 amide bonds. The summed E-state index contributed by atoms with van der Waals surface area (Å²) in [5, 5.41) is 0.301. The molecule has 1 saturated heterocycles. The van der Waals surface area contributed by atoms with Gasteiger partial charge in [0, 0.05) is 17.7 Å². The number of rotatable bonds is 1. The van der Waals surface area contributed by atoms with Crippen LogP contribution in [0.15, 0.2) is 24.3 Å². The molecule has 0 aliphatic carbocycles. The van der Waals surface area contributed by atoms with Crippen molar-refractivity contribution in [3.05, 3.63) is 30.0 Å². The molecule has 1 aliphatic rings. The lowest BCUT2D eigenvalue weighted by atomic mass is 10.1. The summed E-state index contributed by atoms with van der Waals surface area (Å²) in [6.07, 6.45) is -4.17. The Morgan fingerprint density at radius 2 is 2.10 bits per heavy atom. The van der Waals surface area contributed by atoms with Crippen molar-refractivity contribution in [2.24, 2.45) is 5.92 Å². The number of aromatic nitrogens is 1. The predicted molar refractivity (Wildman–Crippen MR) is 70.9 cm³/mol. The van der Waals surface area contributed by atoms with E-state index < -0.39 is 23.7 Å². The number of nitrogens with zero attached hydrogens (tertiary/aromatic N) is 1. The molecule has 1 aromatic carbocycles. The summed E-state index contributed by atoms with van der Waals surface area (Å²) < 4.78 is 45.4. The maximum Gasteiger partial charge on any atom is 0.431 e. The standard InChI is InChI=1S/C14H13F3N2O2/c15-14(16,17)12-6-9-5-10(18)1-2-11(9)19(12)13(20)8-3-4-21-7-8/h1-2,5-6,8H,3-4,7,18H2. The molecule has 0 saturated carbocycles. The minimum absolute atomic E-state index is 0.158. The van der Waals surface area contributed by atoms with Gasteiger partial charge in [0.1, 0.15) is 5.69 Å². The third-order valence-electron chi connectivity index (χ3n) is 3.62. The summed E-state index contributed by atoms with van der Waals surface area (Å²) in [5.41, 5.74) is 5.19. The monoisotopic (exact) mass is 298 g/mol. The van der Waals surface area contributed by atoms with E-state index in [0.29, 0.717) is 24.1 Å². The quantitative estimate of drug-likeness (QED) is 0.824. The number of carbonyl (C=O) groups excluding carboxylic acids is 1. The Bertz CT molecular complexity index is 700. The van der Waals surface area contributed by atoms with E-state index in [0.717, 1.165) is 10.6 Å². The summed E-state index contributed by atoms with van der Waals surface area (Å²) in [6.45, 7) is 0.550. The van der Waals surface area contributed by atoms with Crippen LogP contribution in [0, 0.1) is 5.92 Å². The van der Waals surface area contributed by atoms with Crippen molar-refractivity contribution in [1.29, 1.82) is 0 Å². The third-order valence-corrected chi connectivity index (χ3v) is 3.62. The fraction of sp³-hybridized carbons (Fsp3) is 0.357. The van der Waals surface area contributed by atoms with Gasteiger partial charge in [-0.15, -0.1) is 0 Å². The van der Waals surface area contributed by atoms with Crippen LogP contribution in [-0.2, 0) is 10.9 Å². The number of hydrogen-bond donors (Lipinski definition) is 1.